The molecule has 0 spiro atoms. The first-order chi connectivity index (χ1) is 8.89. The lowest BCUT2D eigenvalue weighted by Crippen LogP contribution is -2.48. The molecule has 0 saturated carbocycles. The summed E-state index contributed by atoms with van der Waals surface area (Å²) in [5, 5.41) is 3.50. The molecule has 1 heterocycles. The van der Waals surface area contributed by atoms with Gasteiger partial charge in [0.05, 0.1) is 11.5 Å². The maximum absolute atomic E-state index is 11.6. The van der Waals surface area contributed by atoms with Crippen molar-refractivity contribution in [3.05, 3.63) is 35.9 Å². The van der Waals surface area contributed by atoms with Gasteiger partial charge in [0, 0.05) is 11.6 Å². The summed E-state index contributed by atoms with van der Waals surface area (Å²) >= 11 is 0. The number of nitrogens with one attached hydrogen (secondary N) is 1. The molecule has 0 bridgehead atoms. The van der Waals surface area contributed by atoms with Crippen LogP contribution in [-0.2, 0) is 16.3 Å². The maximum Gasteiger partial charge on any atom is 0.152 e. The Morgan fingerprint density at radius 2 is 2.00 bits per heavy atom. The molecule has 1 aliphatic heterocycles. The molecule has 0 aromatic heterocycles. The highest BCUT2D eigenvalue weighted by Gasteiger charge is 2.38. The van der Waals surface area contributed by atoms with Crippen molar-refractivity contribution in [3.63, 3.8) is 0 Å². The normalized spacial score (nSPS) is 27.3. The number of aryl methyl sites for hydroxylation is 1. The van der Waals surface area contributed by atoms with E-state index < -0.39 is 9.84 Å². The predicted molar refractivity (Wildman–Crippen MR) is 79.0 cm³/mol. The van der Waals surface area contributed by atoms with Crippen molar-refractivity contribution >= 4 is 9.84 Å². The molecular weight excluding hydrogens is 258 g/mol. The molecule has 1 aromatic carbocycles. The monoisotopic (exact) mass is 281 g/mol. The van der Waals surface area contributed by atoms with Gasteiger partial charge in [-0.25, -0.2) is 8.42 Å². The van der Waals surface area contributed by atoms with Crippen LogP contribution in [0.3, 0.4) is 0 Å². The summed E-state index contributed by atoms with van der Waals surface area (Å²) < 4.78 is 23.1. The third-order valence-corrected chi connectivity index (χ3v) is 5.71. The van der Waals surface area contributed by atoms with Crippen molar-refractivity contribution in [3.8, 4) is 0 Å². The van der Waals surface area contributed by atoms with Crippen molar-refractivity contribution in [1.29, 1.82) is 0 Å². The highest BCUT2D eigenvalue weighted by atomic mass is 32.2. The first-order valence-electron chi connectivity index (χ1n) is 6.91. The van der Waals surface area contributed by atoms with Crippen LogP contribution in [0.2, 0.25) is 0 Å². The smallest absolute Gasteiger partial charge is 0.152 e. The van der Waals surface area contributed by atoms with Crippen molar-refractivity contribution in [2.24, 2.45) is 0 Å². The first-order valence-corrected chi connectivity index (χ1v) is 8.73. The predicted octanol–water partition coefficient (Wildman–Crippen LogP) is 2.17. The van der Waals surface area contributed by atoms with Crippen LogP contribution in [-0.4, -0.2) is 31.5 Å². The van der Waals surface area contributed by atoms with Crippen molar-refractivity contribution in [1.82, 2.24) is 5.32 Å². The van der Waals surface area contributed by atoms with Gasteiger partial charge in [-0.3, -0.25) is 0 Å². The van der Waals surface area contributed by atoms with Crippen molar-refractivity contribution in [2.75, 3.05) is 11.5 Å². The molecule has 19 heavy (non-hydrogen) atoms. The SMILES string of the molecule is CC(CCc1ccccc1)NC1(C)CCS(=O)(=O)C1. The zero-order valence-electron chi connectivity index (χ0n) is 11.7. The van der Waals surface area contributed by atoms with E-state index in [2.05, 4.69) is 36.5 Å². The molecule has 4 heteroatoms. The second-order valence-corrected chi connectivity index (χ2v) is 8.16. The number of hydrogen-bond donors (Lipinski definition) is 1. The van der Waals surface area contributed by atoms with Gasteiger partial charge in [0.15, 0.2) is 9.84 Å². The summed E-state index contributed by atoms with van der Waals surface area (Å²) in [6.45, 7) is 4.16. The number of sulfone groups is 1. The minimum Gasteiger partial charge on any atom is -0.308 e. The fourth-order valence-corrected chi connectivity index (χ4v) is 4.92. The summed E-state index contributed by atoms with van der Waals surface area (Å²) in [6.07, 6.45) is 2.78. The van der Waals surface area contributed by atoms with E-state index in [1.165, 1.54) is 5.56 Å². The van der Waals surface area contributed by atoms with Gasteiger partial charge in [-0.15, -0.1) is 0 Å². The molecule has 106 valence electrons. The second kappa shape index (κ2) is 5.63. The van der Waals surface area contributed by atoms with E-state index >= 15 is 0 Å². The lowest BCUT2D eigenvalue weighted by Gasteiger charge is -2.28. The summed E-state index contributed by atoms with van der Waals surface area (Å²) in [7, 11) is -2.83. The standard InChI is InChI=1S/C15H23NO2S/c1-13(8-9-14-6-4-3-5-7-14)16-15(2)10-11-19(17,18)12-15/h3-7,13,16H,8-12H2,1-2H3. The van der Waals surface area contributed by atoms with Gasteiger partial charge in [-0.1, -0.05) is 30.3 Å². The molecule has 2 unspecified atom stereocenters. The molecule has 1 aliphatic rings. The Labute approximate surface area is 116 Å². The molecular formula is C15H23NO2S. The van der Waals surface area contributed by atoms with Crippen LogP contribution in [0, 0.1) is 0 Å². The van der Waals surface area contributed by atoms with Crippen molar-refractivity contribution < 1.29 is 8.42 Å². The zero-order valence-corrected chi connectivity index (χ0v) is 12.5. The van der Waals surface area contributed by atoms with E-state index in [0.717, 1.165) is 19.3 Å². The Hall–Kier alpha value is -0.870. The van der Waals surface area contributed by atoms with Crippen molar-refractivity contribution in [2.45, 2.75) is 44.7 Å². The van der Waals surface area contributed by atoms with Gasteiger partial charge in [-0.2, -0.15) is 0 Å². The zero-order chi connectivity index (χ0) is 13.9. The molecule has 1 saturated heterocycles. The fraction of sp³-hybridized carbons (Fsp3) is 0.600. The average Bonchev–Trinajstić information content (AvgIpc) is 2.62. The quantitative estimate of drug-likeness (QED) is 0.900. The van der Waals surface area contributed by atoms with Gasteiger partial charge >= 0.3 is 0 Å². The Kier molecular flexibility index (Phi) is 4.31. The lowest BCUT2D eigenvalue weighted by molar-refractivity contribution is 0.340. The second-order valence-electron chi connectivity index (χ2n) is 5.97. The van der Waals surface area contributed by atoms with E-state index in [4.69, 9.17) is 0 Å². The maximum atomic E-state index is 11.6. The molecule has 0 radical (unpaired) electrons. The molecule has 3 nitrogen and oxygen atoms in total. The Morgan fingerprint density at radius 3 is 2.58 bits per heavy atom. The van der Waals surface area contributed by atoms with Gasteiger partial charge in [0.2, 0.25) is 0 Å². The third kappa shape index (κ3) is 4.32. The summed E-state index contributed by atoms with van der Waals surface area (Å²) in [5.41, 5.74) is 1.09. The highest BCUT2D eigenvalue weighted by Crippen LogP contribution is 2.24. The fourth-order valence-electron chi connectivity index (χ4n) is 2.82. The molecule has 1 fully saturated rings. The third-order valence-electron chi connectivity index (χ3n) is 3.81. The lowest BCUT2D eigenvalue weighted by atomic mass is 9.98. The Bertz CT molecular complexity index is 512. The first kappa shape index (κ1) is 14.5. The molecule has 2 rings (SSSR count). The summed E-state index contributed by atoms with van der Waals surface area (Å²) in [6, 6.07) is 10.7. The van der Waals surface area contributed by atoms with Crippen LogP contribution in [0.15, 0.2) is 30.3 Å². The number of rotatable bonds is 5. The molecule has 0 amide bonds. The molecule has 1 aromatic rings. The molecule has 2 atom stereocenters. The van der Waals surface area contributed by atoms with Crippen LogP contribution in [0.25, 0.3) is 0 Å². The van der Waals surface area contributed by atoms with E-state index in [1.807, 2.05) is 13.0 Å². The van der Waals surface area contributed by atoms with Crippen LogP contribution in [0.4, 0.5) is 0 Å². The van der Waals surface area contributed by atoms with Gasteiger partial charge in [0.25, 0.3) is 0 Å². The Morgan fingerprint density at radius 1 is 1.32 bits per heavy atom. The largest absolute Gasteiger partial charge is 0.308 e. The number of benzene rings is 1. The summed E-state index contributed by atoms with van der Waals surface area (Å²) in [4.78, 5) is 0. The molecule has 0 aliphatic carbocycles. The number of hydrogen-bond acceptors (Lipinski definition) is 3. The minimum atomic E-state index is -2.83. The highest BCUT2D eigenvalue weighted by molar-refractivity contribution is 7.91. The molecule has 1 N–H and O–H groups in total. The average molecular weight is 281 g/mol. The van der Waals surface area contributed by atoms with Crippen LogP contribution < -0.4 is 5.32 Å². The van der Waals surface area contributed by atoms with Crippen LogP contribution >= 0.6 is 0 Å². The van der Waals surface area contributed by atoms with E-state index in [1.54, 1.807) is 0 Å². The van der Waals surface area contributed by atoms with Crippen LogP contribution in [0.1, 0.15) is 32.3 Å². The Balaban J connectivity index is 1.83. The van der Waals surface area contributed by atoms with Gasteiger partial charge in [-0.05, 0) is 38.7 Å². The summed E-state index contributed by atoms with van der Waals surface area (Å²) in [5.74, 6) is 0.595. The van der Waals surface area contributed by atoms with Gasteiger partial charge in [0.1, 0.15) is 0 Å². The van der Waals surface area contributed by atoms with E-state index in [9.17, 15) is 8.42 Å². The van der Waals surface area contributed by atoms with E-state index in [0.29, 0.717) is 11.8 Å². The topological polar surface area (TPSA) is 46.2 Å². The minimum absolute atomic E-state index is 0.241. The van der Waals surface area contributed by atoms with Gasteiger partial charge < -0.3 is 5.32 Å². The van der Waals surface area contributed by atoms with Crippen LogP contribution in [0.5, 0.6) is 0 Å². The van der Waals surface area contributed by atoms with E-state index in [-0.39, 0.29) is 11.3 Å².